The summed E-state index contributed by atoms with van der Waals surface area (Å²) in [5, 5.41) is 12.9. The summed E-state index contributed by atoms with van der Waals surface area (Å²) in [5.41, 5.74) is 0.875. The van der Waals surface area contributed by atoms with Gasteiger partial charge in [0.05, 0.1) is 31.0 Å². The van der Waals surface area contributed by atoms with E-state index in [1.807, 2.05) is 0 Å². The average molecular weight is 611 g/mol. The lowest BCUT2D eigenvalue weighted by molar-refractivity contribution is 0.119. The van der Waals surface area contributed by atoms with E-state index in [9.17, 15) is 16.8 Å². The zero-order chi connectivity index (χ0) is 29.2. The van der Waals surface area contributed by atoms with Crippen molar-refractivity contribution in [2.24, 2.45) is 7.05 Å². The van der Waals surface area contributed by atoms with Gasteiger partial charge in [0.15, 0.2) is 15.7 Å². The first-order chi connectivity index (χ1) is 18.9. The van der Waals surface area contributed by atoms with Crippen LogP contribution in [-0.4, -0.2) is 74.7 Å². The molecule has 4 aromatic rings. The molecule has 214 valence electrons. The first kappa shape index (κ1) is 29.3. The second-order valence-corrected chi connectivity index (χ2v) is 12.8. The van der Waals surface area contributed by atoms with Crippen LogP contribution in [0.4, 0.5) is 5.95 Å². The molecule has 1 N–H and O–H groups in total. The van der Waals surface area contributed by atoms with Crippen LogP contribution in [0, 0.1) is 0 Å². The van der Waals surface area contributed by atoms with E-state index in [0.29, 0.717) is 22.9 Å². The van der Waals surface area contributed by atoms with Crippen molar-refractivity contribution in [3.8, 4) is 28.7 Å². The maximum atomic E-state index is 13.5. The van der Waals surface area contributed by atoms with E-state index in [4.69, 9.17) is 25.8 Å². The second-order valence-electron chi connectivity index (χ2n) is 8.63. The number of nitrogens with one attached hydrogen (secondary N) is 1. The van der Waals surface area contributed by atoms with Crippen molar-refractivity contribution in [1.82, 2.24) is 24.5 Å². The van der Waals surface area contributed by atoms with E-state index in [1.54, 1.807) is 42.2 Å². The number of sulfone groups is 1. The smallest absolute Gasteiger partial charge is 0.243 e. The first-order valence-corrected chi connectivity index (χ1v) is 15.5. The summed E-state index contributed by atoms with van der Waals surface area (Å²) in [4.78, 5) is -0.138. The zero-order valence-corrected chi connectivity index (χ0v) is 24.6. The van der Waals surface area contributed by atoms with E-state index in [1.165, 1.54) is 44.1 Å². The standard InChI is InChI=1S/C24H27ClN6O7S2/c1-30-12-11-17(28-30)23-26-27-24(31(23)22-18(36-2)7-6-8-19(22)37-3)29-40(34,35)14-20(38-4)16-10-9-15(25)13-21(16)39(5,32)33/h6-13,20H,14H2,1-5H3,(H,27,29). The van der Waals surface area contributed by atoms with Gasteiger partial charge in [-0.3, -0.25) is 14.0 Å². The molecule has 0 amide bonds. The molecule has 0 radical (unpaired) electrons. The Morgan fingerprint density at radius 3 is 2.23 bits per heavy atom. The quantitative estimate of drug-likeness (QED) is 0.268. The Morgan fingerprint density at radius 2 is 1.68 bits per heavy atom. The second kappa shape index (κ2) is 11.4. The van der Waals surface area contributed by atoms with Crippen molar-refractivity contribution in [1.29, 1.82) is 0 Å². The topological polar surface area (TPSA) is 157 Å². The summed E-state index contributed by atoms with van der Waals surface area (Å²) < 4.78 is 73.7. The summed E-state index contributed by atoms with van der Waals surface area (Å²) in [7, 11) is -2.06. The molecule has 40 heavy (non-hydrogen) atoms. The lowest BCUT2D eigenvalue weighted by Crippen LogP contribution is -2.25. The van der Waals surface area contributed by atoms with Gasteiger partial charge in [-0.1, -0.05) is 23.7 Å². The van der Waals surface area contributed by atoms with Crippen LogP contribution >= 0.6 is 11.6 Å². The predicted octanol–water partition coefficient (Wildman–Crippen LogP) is 2.87. The van der Waals surface area contributed by atoms with Gasteiger partial charge >= 0.3 is 0 Å². The Hall–Kier alpha value is -3.66. The number of ether oxygens (including phenoxy) is 3. The Balaban J connectivity index is 1.81. The highest BCUT2D eigenvalue weighted by Gasteiger charge is 2.30. The number of hydrogen-bond donors (Lipinski definition) is 1. The van der Waals surface area contributed by atoms with Crippen LogP contribution in [0.3, 0.4) is 0 Å². The molecule has 0 bridgehead atoms. The third-order valence-electron chi connectivity index (χ3n) is 5.86. The highest BCUT2D eigenvalue weighted by molar-refractivity contribution is 7.92. The third-order valence-corrected chi connectivity index (χ3v) is 8.48. The van der Waals surface area contributed by atoms with Gasteiger partial charge in [-0.25, -0.2) is 16.8 Å². The molecule has 16 heteroatoms. The summed E-state index contributed by atoms with van der Waals surface area (Å²) in [6, 6.07) is 10.9. The van der Waals surface area contributed by atoms with Gasteiger partial charge in [0, 0.05) is 37.2 Å². The van der Waals surface area contributed by atoms with Gasteiger partial charge in [0.1, 0.15) is 22.9 Å². The monoisotopic (exact) mass is 610 g/mol. The molecule has 2 aromatic heterocycles. The van der Waals surface area contributed by atoms with Gasteiger partial charge in [0.2, 0.25) is 16.0 Å². The largest absolute Gasteiger partial charge is 0.494 e. The number of halogens is 1. The molecule has 0 saturated carbocycles. The van der Waals surface area contributed by atoms with Crippen molar-refractivity contribution in [3.05, 3.63) is 59.2 Å². The Bertz CT molecular complexity index is 1730. The normalized spacial score (nSPS) is 12.8. The fraction of sp³-hybridized carbons (Fsp3) is 0.292. The van der Waals surface area contributed by atoms with Gasteiger partial charge < -0.3 is 14.2 Å². The molecule has 1 atom stereocenters. The molecule has 0 aliphatic heterocycles. The highest BCUT2D eigenvalue weighted by Crippen LogP contribution is 2.37. The van der Waals surface area contributed by atoms with E-state index < -0.39 is 31.7 Å². The molecule has 0 fully saturated rings. The SMILES string of the molecule is COc1cccc(OC)c1-n1c(NS(=O)(=O)CC(OC)c2ccc(Cl)cc2S(C)(=O)=O)nnc1-c1ccn(C)n1. The zero-order valence-electron chi connectivity index (χ0n) is 22.2. The third kappa shape index (κ3) is 6.06. The minimum atomic E-state index is -4.23. The van der Waals surface area contributed by atoms with Crippen molar-refractivity contribution in [2.45, 2.75) is 11.0 Å². The number of aryl methyl sites for hydroxylation is 1. The number of hydrogen-bond acceptors (Lipinski definition) is 10. The molecule has 2 heterocycles. The number of rotatable bonds is 11. The molecule has 0 aliphatic rings. The minimum Gasteiger partial charge on any atom is -0.494 e. The summed E-state index contributed by atoms with van der Waals surface area (Å²) in [5.74, 6) is 0.0814. The van der Waals surface area contributed by atoms with E-state index >= 15 is 0 Å². The van der Waals surface area contributed by atoms with Gasteiger partial charge in [-0.05, 0) is 30.3 Å². The number of benzene rings is 2. The Morgan fingerprint density at radius 1 is 1.00 bits per heavy atom. The molecule has 0 spiro atoms. The fourth-order valence-electron chi connectivity index (χ4n) is 4.07. The summed E-state index contributed by atoms with van der Waals surface area (Å²) >= 11 is 6.01. The van der Waals surface area contributed by atoms with Crippen LogP contribution in [0.1, 0.15) is 11.7 Å². The molecule has 0 saturated heterocycles. The van der Waals surface area contributed by atoms with Crippen LogP contribution in [0.2, 0.25) is 5.02 Å². The van der Waals surface area contributed by atoms with Crippen molar-refractivity contribution in [2.75, 3.05) is 38.1 Å². The van der Waals surface area contributed by atoms with Crippen molar-refractivity contribution < 1.29 is 31.0 Å². The van der Waals surface area contributed by atoms with Crippen LogP contribution in [0.25, 0.3) is 17.2 Å². The molecule has 1 unspecified atom stereocenters. The molecule has 0 aliphatic carbocycles. The van der Waals surface area contributed by atoms with E-state index in [0.717, 1.165) is 6.26 Å². The van der Waals surface area contributed by atoms with E-state index in [2.05, 4.69) is 20.0 Å². The number of nitrogens with zero attached hydrogens (tertiary/aromatic N) is 5. The van der Waals surface area contributed by atoms with Crippen LogP contribution < -0.4 is 14.2 Å². The van der Waals surface area contributed by atoms with Crippen LogP contribution in [-0.2, 0) is 31.6 Å². The molecule has 13 nitrogen and oxygen atoms in total. The molecular weight excluding hydrogens is 584 g/mol. The predicted molar refractivity (Wildman–Crippen MR) is 148 cm³/mol. The number of anilines is 1. The summed E-state index contributed by atoms with van der Waals surface area (Å²) in [6.45, 7) is 0. The molecule has 2 aromatic carbocycles. The van der Waals surface area contributed by atoms with E-state index in [-0.39, 0.29) is 27.3 Å². The van der Waals surface area contributed by atoms with Crippen molar-refractivity contribution in [3.63, 3.8) is 0 Å². The number of sulfonamides is 1. The number of para-hydroxylation sites is 1. The highest BCUT2D eigenvalue weighted by atomic mass is 35.5. The summed E-state index contributed by atoms with van der Waals surface area (Å²) in [6.07, 6.45) is 1.54. The molecular formula is C24H27ClN6O7S2. The van der Waals surface area contributed by atoms with Crippen LogP contribution in [0.5, 0.6) is 11.5 Å². The number of aromatic nitrogens is 5. The minimum absolute atomic E-state index is 0.138. The molecule has 4 rings (SSSR count). The van der Waals surface area contributed by atoms with Gasteiger partial charge in [-0.15, -0.1) is 10.2 Å². The first-order valence-electron chi connectivity index (χ1n) is 11.6. The number of methoxy groups -OCH3 is 3. The Labute approximate surface area is 236 Å². The fourth-order valence-corrected chi connectivity index (χ4v) is 6.49. The lowest BCUT2D eigenvalue weighted by atomic mass is 10.1. The van der Waals surface area contributed by atoms with Crippen molar-refractivity contribution >= 4 is 37.4 Å². The van der Waals surface area contributed by atoms with Gasteiger partial charge in [-0.2, -0.15) is 5.10 Å². The average Bonchev–Trinajstić information content (AvgIpc) is 3.51. The lowest BCUT2D eigenvalue weighted by Gasteiger charge is -2.20. The van der Waals surface area contributed by atoms with Crippen LogP contribution in [0.15, 0.2) is 53.6 Å². The maximum Gasteiger partial charge on any atom is 0.243 e. The maximum absolute atomic E-state index is 13.5. The van der Waals surface area contributed by atoms with Gasteiger partial charge in [0.25, 0.3) is 0 Å². The Kier molecular flexibility index (Phi) is 8.39.